The van der Waals surface area contributed by atoms with Gasteiger partial charge >= 0.3 is 0 Å². The standard InChI is InChI=1S/C14H15BrN2O2S/c1-3-20-10-6-4-9(5-7-10)13-16-11(8-19-2)12(15)14(18)17-13/h4-7H,3,8H2,1-2H3,(H,16,17,18). The first-order chi connectivity index (χ1) is 9.65. The SMILES string of the molecule is CCSc1ccc(-c2nc(COC)c(Br)c(=O)[nH]2)cc1. The van der Waals surface area contributed by atoms with Crippen LogP contribution in [0.5, 0.6) is 0 Å². The molecule has 4 nitrogen and oxygen atoms in total. The normalized spacial score (nSPS) is 10.8. The highest BCUT2D eigenvalue weighted by atomic mass is 79.9. The zero-order valence-electron chi connectivity index (χ0n) is 11.3. The van der Waals surface area contributed by atoms with Crippen molar-refractivity contribution in [3.05, 3.63) is 44.8 Å². The number of nitrogens with one attached hydrogen (secondary N) is 1. The van der Waals surface area contributed by atoms with E-state index in [1.807, 2.05) is 24.3 Å². The molecule has 1 heterocycles. The molecule has 6 heteroatoms. The van der Waals surface area contributed by atoms with Gasteiger partial charge in [-0.25, -0.2) is 4.98 Å². The molecular formula is C14H15BrN2O2S. The minimum atomic E-state index is -0.200. The maximum Gasteiger partial charge on any atom is 0.265 e. The van der Waals surface area contributed by atoms with Crippen LogP contribution in [-0.2, 0) is 11.3 Å². The molecule has 0 aliphatic rings. The number of rotatable bonds is 5. The fourth-order valence-electron chi connectivity index (χ4n) is 1.75. The molecule has 0 bridgehead atoms. The van der Waals surface area contributed by atoms with E-state index in [1.54, 1.807) is 18.9 Å². The molecule has 20 heavy (non-hydrogen) atoms. The fourth-order valence-corrected chi connectivity index (χ4v) is 2.71. The number of ether oxygens (including phenoxy) is 1. The van der Waals surface area contributed by atoms with Crippen molar-refractivity contribution < 1.29 is 4.74 Å². The molecule has 2 rings (SSSR count). The van der Waals surface area contributed by atoms with Crippen molar-refractivity contribution in [2.75, 3.05) is 12.9 Å². The third-order valence-electron chi connectivity index (χ3n) is 2.65. The van der Waals surface area contributed by atoms with Crippen LogP contribution in [0.3, 0.4) is 0 Å². The number of hydrogen-bond donors (Lipinski definition) is 1. The van der Waals surface area contributed by atoms with Gasteiger partial charge in [0.25, 0.3) is 5.56 Å². The van der Waals surface area contributed by atoms with E-state index in [0.29, 0.717) is 22.6 Å². The van der Waals surface area contributed by atoms with Crippen LogP contribution in [0.2, 0.25) is 0 Å². The van der Waals surface area contributed by atoms with Crippen LogP contribution in [0.4, 0.5) is 0 Å². The summed E-state index contributed by atoms with van der Waals surface area (Å²) in [5, 5.41) is 0. The van der Waals surface area contributed by atoms with Crippen molar-refractivity contribution in [3.8, 4) is 11.4 Å². The molecule has 0 spiro atoms. The van der Waals surface area contributed by atoms with Gasteiger partial charge < -0.3 is 9.72 Å². The molecule has 0 aliphatic heterocycles. The average molecular weight is 355 g/mol. The van der Waals surface area contributed by atoms with Crippen LogP contribution >= 0.6 is 27.7 Å². The van der Waals surface area contributed by atoms with Gasteiger partial charge in [0.2, 0.25) is 0 Å². The first-order valence-corrected chi connectivity index (χ1v) is 7.94. The van der Waals surface area contributed by atoms with E-state index in [4.69, 9.17) is 4.74 Å². The monoisotopic (exact) mass is 354 g/mol. The predicted molar refractivity (Wildman–Crippen MR) is 85.1 cm³/mol. The number of nitrogens with zero attached hydrogens (tertiary/aromatic N) is 1. The van der Waals surface area contributed by atoms with Gasteiger partial charge in [-0.2, -0.15) is 0 Å². The quantitative estimate of drug-likeness (QED) is 0.835. The Kier molecular flexibility index (Phi) is 5.39. The molecule has 1 aromatic heterocycles. The second-order valence-corrected chi connectivity index (χ2v) is 6.20. The van der Waals surface area contributed by atoms with Gasteiger partial charge in [0.15, 0.2) is 0 Å². The summed E-state index contributed by atoms with van der Waals surface area (Å²) in [6.07, 6.45) is 0. The summed E-state index contributed by atoms with van der Waals surface area (Å²) in [5.74, 6) is 1.59. The smallest absolute Gasteiger partial charge is 0.265 e. The zero-order valence-corrected chi connectivity index (χ0v) is 13.7. The van der Waals surface area contributed by atoms with Crippen LogP contribution in [0.15, 0.2) is 38.4 Å². The molecule has 0 saturated heterocycles. The van der Waals surface area contributed by atoms with Crippen molar-refractivity contribution in [1.29, 1.82) is 0 Å². The largest absolute Gasteiger partial charge is 0.378 e. The zero-order chi connectivity index (χ0) is 14.5. The summed E-state index contributed by atoms with van der Waals surface area (Å²) >= 11 is 5.01. The molecule has 0 atom stereocenters. The molecule has 0 amide bonds. The van der Waals surface area contributed by atoms with E-state index in [0.717, 1.165) is 11.3 Å². The summed E-state index contributed by atoms with van der Waals surface area (Å²) < 4.78 is 5.47. The lowest BCUT2D eigenvalue weighted by molar-refractivity contribution is 0.180. The molecule has 0 radical (unpaired) electrons. The van der Waals surface area contributed by atoms with Crippen LogP contribution in [0.1, 0.15) is 12.6 Å². The number of aromatic amines is 1. The first-order valence-electron chi connectivity index (χ1n) is 6.16. The number of H-pyrrole nitrogens is 1. The molecular weight excluding hydrogens is 340 g/mol. The summed E-state index contributed by atoms with van der Waals surface area (Å²) in [5.41, 5.74) is 1.28. The number of benzene rings is 1. The highest BCUT2D eigenvalue weighted by Gasteiger charge is 2.10. The Bertz CT molecular complexity index is 641. The Labute approximate surface area is 130 Å². The van der Waals surface area contributed by atoms with Gasteiger partial charge in [0.1, 0.15) is 10.3 Å². The van der Waals surface area contributed by atoms with E-state index >= 15 is 0 Å². The van der Waals surface area contributed by atoms with Crippen LogP contribution < -0.4 is 5.56 Å². The third-order valence-corrected chi connectivity index (χ3v) is 4.36. The summed E-state index contributed by atoms with van der Waals surface area (Å²) in [4.78, 5) is 20.3. The topological polar surface area (TPSA) is 55.0 Å². The number of methoxy groups -OCH3 is 1. The number of thioether (sulfide) groups is 1. The Morgan fingerprint density at radius 2 is 2.05 bits per heavy atom. The lowest BCUT2D eigenvalue weighted by atomic mass is 10.2. The van der Waals surface area contributed by atoms with Crippen molar-refractivity contribution in [2.45, 2.75) is 18.4 Å². The summed E-state index contributed by atoms with van der Waals surface area (Å²) in [6, 6.07) is 7.98. The Morgan fingerprint density at radius 3 is 2.65 bits per heavy atom. The van der Waals surface area contributed by atoms with Gasteiger partial charge in [-0.3, -0.25) is 4.79 Å². The maximum absolute atomic E-state index is 11.9. The van der Waals surface area contributed by atoms with Crippen LogP contribution in [0, 0.1) is 0 Å². The highest BCUT2D eigenvalue weighted by molar-refractivity contribution is 9.10. The van der Waals surface area contributed by atoms with Gasteiger partial charge in [-0.15, -0.1) is 11.8 Å². The third kappa shape index (κ3) is 3.50. The molecule has 0 saturated carbocycles. The first kappa shape index (κ1) is 15.3. The van der Waals surface area contributed by atoms with Crippen molar-refractivity contribution in [2.24, 2.45) is 0 Å². The van der Waals surface area contributed by atoms with E-state index < -0.39 is 0 Å². The molecule has 1 N–H and O–H groups in total. The van der Waals surface area contributed by atoms with Crippen LogP contribution in [-0.4, -0.2) is 22.8 Å². The maximum atomic E-state index is 11.9. The fraction of sp³-hybridized carbons (Fsp3) is 0.286. The number of hydrogen-bond acceptors (Lipinski definition) is 4. The van der Waals surface area contributed by atoms with Gasteiger partial charge in [-0.1, -0.05) is 19.1 Å². The predicted octanol–water partition coefficient (Wildman–Crippen LogP) is 3.46. The lowest BCUT2D eigenvalue weighted by Crippen LogP contribution is -2.14. The minimum Gasteiger partial charge on any atom is -0.378 e. The van der Waals surface area contributed by atoms with Crippen molar-refractivity contribution in [1.82, 2.24) is 9.97 Å². The number of halogens is 1. The van der Waals surface area contributed by atoms with Crippen molar-refractivity contribution >= 4 is 27.7 Å². The van der Waals surface area contributed by atoms with Crippen molar-refractivity contribution in [3.63, 3.8) is 0 Å². The Balaban J connectivity index is 2.39. The molecule has 0 aliphatic carbocycles. The van der Waals surface area contributed by atoms with Crippen LogP contribution in [0.25, 0.3) is 11.4 Å². The molecule has 106 valence electrons. The van der Waals surface area contributed by atoms with Gasteiger partial charge in [0.05, 0.1) is 12.3 Å². The molecule has 0 fully saturated rings. The molecule has 2 aromatic rings. The van der Waals surface area contributed by atoms with Gasteiger partial charge in [-0.05, 0) is 33.8 Å². The Morgan fingerprint density at radius 1 is 1.35 bits per heavy atom. The van der Waals surface area contributed by atoms with E-state index in [-0.39, 0.29) is 5.56 Å². The van der Waals surface area contributed by atoms with Gasteiger partial charge in [0, 0.05) is 17.6 Å². The molecule has 0 unspecified atom stereocenters. The summed E-state index contributed by atoms with van der Waals surface area (Å²) in [7, 11) is 1.58. The molecule has 1 aromatic carbocycles. The lowest BCUT2D eigenvalue weighted by Gasteiger charge is -2.07. The highest BCUT2D eigenvalue weighted by Crippen LogP contribution is 2.22. The van der Waals surface area contributed by atoms with E-state index in [2.05, 4.69) is 32.8 Å². The second kappa shape index (κ2) is 7.06. The number of aromatic nitrogens is 2. The van der Waals surface area contributed by atoms with E-state index in [1.165, 1.54) is 4.90 Å². The van der Waals surface area contributed by atoms with E-state index in [9.17, 15) is 4.79 Å². The second-order valence-electron chi connectivity index (χ2n) is 4.07. The minimum absolute atomic E-state index is 0.200. The average Bonchev–Trinajstić information content (AvgIpc) is 2.45. The summed E-state index contributed by atoms with van der Waals surface area (Å²) in [6.45, 7) is 2.41. The Hall–Kier alpha value is -1.11.